The van der Waals surface area contributed by atoms with E-state index in [0.717, 1.165) is 43.5 Å². The molecule has 0 spiro atoms. The smallest absolute Gasteiger partial charge is 0.307 e. The standard InChI is InChI=1S/C28H26NO5P/c1-16-25(26-27(30-16)32-28(2,3)31-26)29-35-33-21-14-12-17-8-4-6-10-19(17)23(21)24-20-11-7-5-9-18(20)13-15-22(24)34-35/h4-16,25-27,29H,1-3H3/t16-,25-,26-,27-/m1/s1. The van der Waals surface area contributed by atoms with Crippen LogP contribution in [0.5, 0.6) is 0 Å². The van der Waals surface area contributed by atoms with Gasteiger partial charge in [0.2, 0.25) is 0 Å². The quantitative estimate of drug-likeness (QED) is 0.280. The molecular weight excluding hydrogens is 461 g/mol. The monoisotopic (exact) mass is 487 g/mol. The number of ether oxygens (including phenoxy) is 3. The molecule has 0 aliphatic carbocycles. The first-order chi connectivity index (χ1) is 17.0. The van der Waals surface area contributed by atoms with E-state index in [0.29, 0.717) is 0 Å². The average Bonchev–Trinajstić information content (AvgIpc) is 3.21. The van der Waals surface area contributed by atoms with E-state index < -0.39 is 20.2 Å². The van der Waals surface area contributed by atoms with Gasteiger partial charge in [0.15, 0.2) is 12.1 Å². The second-order valence-electron chi connectivity index (χ2n) is 9.72. The Morgan fingerprint density at radius 3 is 1.91 bits per heavy atom. The third kappa shape index (κ3) is 3.48. The van der Waals surface area contributed by atoms with E-state index in [2.05, 4.69) is 65.8 Å². The molecule has 2 aliphatic rings. The summed E-state index contributed by atoms with van der Waals surface area (Å²) < 4.78 is 31.3. The van der Waals surface area contributed by atoms with Gasteiger partial charge in [0.05, 0.1) is 12.1 Å². The zero-order valence-corrected chi connectivity index (χ0v) is 20.6. The van der Waals surface area contributed by atoms with Gasteiger partial charge in [-0.2, -0.15) is 0 Å². The SMILES string of the molecule is C[C@H]1O[C@@H]2OC(C)(C)O[C@@H]2[C@@H]1Np1oc2ccc3ccccc3c2c2c(ccc3ccccc32)o1. The maximum Gasteiger partial charge on any atom is 0.307 e. The van der Waals surface area contributed by atoms with Crippen LogP contribution in [-0.2, 0) is 14.2 Å². The first kappa shape index (κ1) is 21.4. The molecule has 1 aromatic heterocycles. The van der Waals surface area contributed by atoms with Crippen molar-refractivity contribution >= 4 is 51.6 Å². The molecule has 0 unspecified atom stereocenters. The first-order valence-corrected chi connectivity index (χ1v) is 13.1. The molecule has 3 heterocycles. The summed E-state index contributed by atoms with van der Waals surface area (Å²) in [6.45, 7) is 5.83. The van der Waals surface area contributed by atoms with Crippen molar-refractivity contribution in [2.75, 3.05) is 5.09 Å². The second-order valence-corrected chi connectivity index (χ2v) is 10.9. The molecule has 1 N–H and O–H groups in total. The highest BCUT2D eigenvalue weighted by Gasteiger charge is 2.53. The molecule has 5 aromatic rings. The minimum atomic E-state index is -1.54. The third-order valence-electron chi connectivity index (χ3n) is 6.95. The first-order valence-electron chi connectivity index (χ1n) is 11.9. The Morgan fingerprint density at radius 1 is 0.743 bits per heavy atom. The van der Waals surface area contributed by atoms with Gasteiger partial charge in [-0.05, 0) is 54.4 Å². The highest BCUT2D eigenvalue weighted by atomic mass is 31.1. The minimum Gasteiger partial charge on any atom is -0.408 e. The van der Waals surface area contributed by atoms with E-state index in [-0.39, 0.29) is 18.2 Å². The van der Waals surface area contributed by atoms with Crippen molar-refractivity contribution < 1.29 is 22.6 Å². The summed E-state index contributed by atoms with van der Waals surface area (Å²) in [6.07, 6.45) is -0.775. The fourth-order valence-electron chi connectivity index (χ4n) is 5.39. The van der Waals surface area contributed by atoms with Gasteiger partial charge in [0, 0.05) is 10.8 Å². The van der Waals surface area contributed by atoms with Crippen molar-refractivity contribution in [3.8, 4) is 0 Å². The zero-order chi connectivity index (χ0) is 23.7. The maximum absolute atomic E-state index is 6.59. The largest absolute Gasteiger partial charge is 0.408 e. The van der Waals surface area contributed by atoms with Crippen LogP contribution in [0.1, 0.15) is 20.8 Å². The molecule has 2 saturated heterocycles. The molecule has 0 saturated carbocycles. The number of hydrogen-bond acceptors (Lipinski definition) is 6. The Morgan fingerprint density at radius 2 is 1.31 bits per heavy atom. The van der Waals surface area contributed by atoms with Gasteiger partial charge in [-0.1, -0.05) is 60.7 Å². The zero-order valence-electron chi connectivity index (χ0n) is 19.7. The lowest BCUT2D eigenvalue weighted by molar-refractivity contribution is -0.203. The Labute approximate surface area is 203 Å². The normalized spacial score (nSPS) is 25.6. The number of hydrogen-bond donors (Lipinski definition) is 1. The van der Waals surface area contributed by atoms with E-state index in [9.17, 15) is 0 Å². The molecular formula is C28H26NO5P. The van der Waals surface area contributed by atoms with Crippen molar-refractivity contribution in [2.24, 2.45) is 0 Å². The van der Waals surface area contributed by atoms with Crippen LogP contribution in [0.2, 0.25) is 0 Å². The van der Waals surface area contributed by atoms with Crippen molar-refractivity contribution in [2.45, 2.75) is 51.1 Å². The van der Waals surface area contributed by atoms with E-state index in [1.807, 2.05) is 32.9 Å². The molecule has 0 radical (unpaired) electrons. The topological polar surface area (TPSA) is 66.0 Å². The second kappa shape index (κ2) is 7.82. The van der Waals surface area contributed by atoms with E-state index >= 15 is 0 Å². The molecule has 35 heavy (non-hydrogen) atoms. The Bertz CT molecular complexity index is 1550. The van der Waals surface area contributed by atoms with Gasteiger partial charge in [-0.3, -0.25) is 0 Å². The van der Waals surface area contributed by atoms with Crippen LogP contribution in [0.4, 0.5) is 0 Å². The fraction of sp³-hybridized carbons (Fsp3) is 0.286. The number of benzene rings is 4. The summed E-state index contributed by atoms with van der Waals surface area (Å²) in [4.78, 5) is 0. The van der Waals surface area contributed by atoms with Crippen LogP contribution >= 0.6 is 8.16 Å². The summed E-state index contributed by atoms with van der Waals surface area (Å²) >= 11 is 0. The molecule has 178 valence electrons. The highest BCUT2D eigenvalue weighted by molar-refractivity contribution is 7.38. The van der Waals surface area contributed by atoms with Gasteiger partial charge in [-0.15, -0.1) is 0 Å². The van der Waals surface area contributed by atoms with Crippen LogP contribution in [0.15, 0.2) is 81.2 Å². The van der Waals surface area contributed by atoms with E-state index in [1.54, 1.807) is 0 Å². The van der Waals surface area contributed by atoms with Crippen molar-refractivity contribution in [3.05, 3.63) is 72.8 Å². The van der Waals surface area contributed by atoms with Gasteiger partial charge in [-0.25, -0.2) is 5.09 Å². The molecule has 4 atom stereocenters. The summed E-state index contributed by atoms with van der Waals surface area (Å²) in [7, 11) is -1.54. The van der Waals surface area contributed by atoms with Crippen LogP contribution in [0.3, 0.4) is 0 Å². The van der Waals surface area contributed by atoms with Crippen molar-refractivity contribution in [3.63, 3.8) is 0 Å². The van der Waals surface area contributed by atoms with Gasteiger partial charge < -0.3 is 22.6 Å². The Kier molecular flexibility index (Phi) is 4.79. The lowest BCUT2D eigenvalue weighted by Gasteiger charge is -2.23. The lowest BCUT2D eigenvalue weighted by Crippen LogP contribution is -2.38. The van der Waals surface area contributed by atoms with Crippen molar-refractivity contribution in [1.82, 2.24) is 0 Å². The van der Waals surface area contributed by atoms with Gasteiger partial charge >= 0.3 is 8.16 Å². The number of fused-ring (bicyclic) bond motifs is 8. The Balaban J connectivity index is 1.49. The summed E-state index contributed by atoms with van der Waals surface area (Å²) in [6, 6.07) is 25.0. The summed E-state index contributed by atoms with van der Waals surface area (Å²) in [5.41, 5.74) is 1.59. The molecule has 0 bridgehead atoms. The average molecular weight is 487 g/mol. The fourth-order valence-corrected chi connectivity index (χ4v) is 6.79. The molecule has 7 rings (SSSR count). The highest BCUT2D eigenvalue weighted by Crippen LogP contribution is 2.43. The summed E-state index contributed by atoms with van der Waals surface area (Å²) in [5, 5.41) is 10.3. The van der Waals surface area contributed by atoms with E-state index in [1.165, 1.54) is 0 Å². The predicted octanol–water partition coefficient (Wildman–Crippen LogP) is 7.40. The molecule has 6 nitrogen and oxygen atoms in total. The minimum absolute atomic E-state index is 0.119. The third-order valence-corrected chi connectivity index (χ3v) is 8.18. The van der Waals surface area contributed by atoms with Gasteiger partial charge in [0.1, 0.15) is 17.3 Å². The molecule has 4 aromatic carbocycles. The van der Waals surface area contributed by atoms with Crippen LogP contribution in [0.25, 0.3) is 43.5 Å². The molecule has 0 amide bonds. The summed E-state index contributed by atoms with van der Waals surface area (Å²) in [5.74, 6) is -0.690. The molecule has 2 fully saturated rings. The van der Waals surface area contributed by atoms with Crippen LogP contribution in [-0.4, -0.2) is 30.3 Å². The predicted molar refractivity (Wildman–Crippen MR) is 139 cm³/mol. The van der Waals surface area contributed by atoms with Crippen LogP contribution in [0, 0.1) is 0 Å². The van der Waals surface area contributed by atoms with Crippen LogP contribution < -0.4 is 5.09 Å². The Hall–Kier alpha value is -2.86. The van der Waals surface area contributed by atoms with Crippen molar-refractivity contribution in [1.29, 1.82) is 0 Å². The molecule has 7 heteroatoms. The van der Waals surface area contributed by atoms with E-state index in [4.69, 9.17) is 22.6 Å². The maximum atomic E-state index is 6.59. The number of rotatable bonds is 2. The van der Waals surface area contributed by atoms with Gasteiger partial charge in [0.25, 0.3) is 0 Å². The number of nitrogens with one attached hydrogen (secondary N) is 1. The molecule has 2 aliphatic heterocycles. The lowest BCUT2D eigenvalue weighted by atomic mass is 9.99.